The van der Waals surface area contributed by atoms with Crippen LogP contribution < -0.4 is 26.9 Å². The molecule has 0 saturated heterocycles. The van der Waals surface area contributed by atoms with Crippen molar-refractivity contribution in [1.82, 2.24) is 0 Å². The third-order valence-electron chi connectivity index (χ3n) is 7.96. The summed E-state index contributed by atoms with van der Waals surface area (Å²) in [6, 6.07) is 11.9. The SMILES string of the molecule is C[Si](c1ccccc1)P(c1ccccc1)[B-](c1c(F)c(F)c(F)c(F)c1F)(c1c(F)c(F)c(F)c(F)c1F)c1c(F)c(F)c(F)c(F)c1F. The average molecular weight is 740 g/mol. The Balaban J connectivity index is 2.29. The molecule has 1 radical (unpaired) electrons. The van der Waals surface area contributed by atoms with E-state index in [2.05, 4.69) is 0 Å². The minimum atomic E-state index is -5.74. The van der Waals surface area contributed by atoms with Gasteiger partial charge in [0.2, 0.25) is 0 Å². The minimum absolute atomic E-state index is 0.00494. The summed E-state index contributed by atoms with van der Waals surface area (Å²) in [6.07, 6.45) is 0. The molecule has 0 saturated carbocycles. The fourth-order valence-corrected chi connectivity index (χ4v) is 16.0. The van der Waals surface area contributed by atoms with Crippen molar-refractivity contribution in [3.63, 3.8) is 0 Å². The van der Waals surface area contributed by atoms with Gasteiger partial charge in [-0.25, -0.2) is 73.2 Å². The van der Waals surface area contributed by atoms with Gasteiger partial charge in [-0.3, -0.25) is 0 Å². The molecule has 0 N–H and O–H groups in total. The lowest BCUT2D eigenvalue weighted by Gasteiger charge is -2.53. The number of hydrogen-bond acceptors (Lipinski definition) is 0. The maximum atomic E-state index is 16.2. The quantitative estimate of drug-likeness (QED) is 0.0551. The van der Waals surface area contributed by atoms with Gasteiger partial charge in [0.15, 0.2) is 52.4 Å². The Morgan fingerprint density at radius 2 is 0.612 bits per heavy atom. The standard InChI is InChI=1S/C31H13BF15PSi/c1-49(13-10-6-3-7-11-13)48(12-8-4-2-5-9-12)32(14-17(33)23(39)29(45)24(40)18(14)34,15-19(35)25(41)30(46)26(42)20(15)36)16-21(37)27(43)31(47)28(44)22(16)38/h2-11H,1H3/q-1. The largest absolute Gasteiger partial charge is 0.237 e. The van der Waals surface area contributed by atoms with Crippen molar-refractivity contribution in [2.45, 2.75) is 6.55 Å². The van der Waals surface area contributed by atoms with Crippen LogP contribution in [0, 0.1) is 87.3 Å². The van der Waals surface area contributed by atoms with Crippen LogP contribution in [-0.2, 0) is 0 Å². The van der Waals surface area contributed by atoms with Crippen molar-refractivity contribution in [1.29, 1.82) is 0 Å². The third kappa shape index (κ3) is 5.32. The highest BCUT2D eigenvalue weighted by atomic mass is 31.4. The normalized spacial score (nSPS) is 12.6. The molecule has 0 spiro atoms. The van der Waals surface area contributed by atoms with Crippen LogP contribution in [0.2, 0.25) is 6.55 Å². The molecule has 1 unspecified atom stereocenters. The van der Waals surface area contributed by atoms with Gasteiger partial charge in [-0.2, -0.15) is 0 Å². The summed E-state index contributed by atoms with van der Waals surface area (Å²) in [5.74, 6) is -50.7. The van der Waals surface area contributed by atoms with E-state index in [4.69, 9.17) is 0 Å². The van der Waals surface area contributed by atoms with Crippen molar-refractivity contribution in [2.75, 3.05) is 0 Å². The highest BCUT2D eigenvalue weighted by Gasteiger charge is 2.53. The van der Waals surface area contributed by atoms with Gasteiger partial charge < -0.3 is 0 Å². The van der Waals surface area contributed by atoms with Crippen LogP contribution in [0.15, 0.2) is 60.7 Å². The van der Waals surface area contributed by atoms with E-state index in [1.165, 1.54) is 36.4 Å². The van der Waals surface area contributed by atoms with E-state index in [0.29, 0.717) is 0 Å². The molecule has 5 aromatic rings. The van der Waals surface area contributed by atoms with E-state index in [0.717, 1.165) is 30.8 Å². The molecule has 0 bridgehead atoms. The Morgan fingerprint density at radius 1 is 0.367 bits per heavy atom. The molecule has 0 nitrogen and oxygen atoms in total. The molecule has 0 aliphatic heterocycles. The smallest absolute Gasteiger partial charge is 0.200 e. The maximum absolute atomic E-state index is 16.2. The molecule has 0 aromatic heterocycles. The molecular formula is C31H13BF15PSi-. The van der Waals surface area contributed by atoms with Crippen molar-refractivity contribution in [3.05, 3.63) is 148 Å². The van der Waals surface area contributed by atoms with E-state index in [1.54, 1.807) is 0 Å². The van der Waals surface area contributed by atoms with Gasteiger partial charge in [-0.05, 0) is 0 Å². The Labute approximate surface area is 268 Å². The van der Waals surface area contributed by atoms with Gasteiger partial charge in [-0.1, -0.05) is 77.7 Å². The monoisotopic (exact) mass is 740 g/mol. The van der Waals surface area contributed by atoms with E-state index in [9.17, 15) is 13.2 Å². The topological polar surface area (TPSA) is 0 Å². The molecule has 0 heterocycles. The fraction of sp³-hybridized carbons (Fsp3) is 0.0323. The predicted molar refractivity (Wildman–Crippen MR) is 154 cm³/mol. The number of halogens is 15. The molecule has 0 aliphatic rings. The fourth-order valence-electron chi connectivity index (χ4n) is 5.90. The molecule has 0 aliphatic carbocycles. The summed E-state index contributed by atoms with van der Waals surface area (Å²) < 4.78 is 231. The van der Waals surface area contributed by atoms with Gasteiger partial charge in [0, 0.05) is 0 Å². The molecule has 18 heteroatoms. The Bertz CT molecular complexity index is 1860. The minimum Gasteiger partial charge on any atom is -0.237 e. The first kappa shape index (κ1) is 36.1. The molecule has 1 atom stereocenters. The van der Waals surface area contributed by atoms with Gasteiger partial charge in [0.05, 0.1) is 8.46 Å². The first-order valence-electron chi connectivity index (χ1n) is 13.5. The van der Waals surface area contributed by atoms with Crippen LogP contribution in [0.3, 0.4) is 0 Å². The van der Waals surface area contributed by atoms with E-state index in [-0.39, 0.29) is 5.19 Å². The Kier molecular flexibility index (Phi) is 9.74. The summed E-state index contributed by atoms with van der Waals surface area (Å²) in [5.41, 5.74) is -7.76. The van der Waals surface area contributed by atoms with Gasteiger partial charge in [0.25, 0.3) is 0 Å². The van der Waals surface area contributed by atoms with Crippen molar-refractivity contribution in [3.8, 4) is 0 Å². The van der Waals surface area contributed by atoms with Crippen LogP contribution in [0.1, 0.15) is 0 Å². The Morgan fingerprint density at radius 3 is 0.898 bits per heavy atom. The summed E-state index contributed by atoms with van der Waals surface area (Å²) in [5, 5.41) is -0.486. The lowest BCUT2D eigenvalue weighted by molar-refractivity contribution is 0.380. The molecule has 5 aromatic carbocycles. The predicted octanol–water partition coefficient (Wildman–Crippen LogP) is 7.08. The summed E-state index contributed by atoms with van der Waals surface area (Å²) in [6.45, 7) is 1.12. The summed E-state index contributed by atoms with van der Waals surface area (Å²) >= 11 is 0. The summed E-state index contributed by atoms with van der Waals surface area (Å²) in [7, 11) is -6.80. The van der Waals surface area contributed by atoms with Crippen LogP contribution >= 0.6 is 7.35 Å². The van der Waals surface area contributed by atoms with Crippen molar-refractivity contribution >= 4 is 48.6 Å². The Hall–Kier alpha value is -4.24. The second kappa shape index (κ2) is 13.2. The molecule has 0 amide bonds. The highest BCUT2D eigenvalue weighted by Crippen LogP contribution is 2.50. The lowest BCUT2D eigenvalue weighted by Crippen LogP contribution is -2.74. The van der Waals surface area contributed by atoms with E-state index in [1.807, 2.05) is 0 Å². The highest BCUT2D eigenvalue weighted by molar-refractivity contribution is 8.25. The molecular weight excluding hydrogens is 727 g/mol. The molecule has 5 rings (SSSR count). The molecule has 0 fully saturated rings. The summed E-state index contributed by atoms with van der Waals surface area (Å²) in [4.78, 5) is 0. The molecule has 49 heavy (non-hydrogen) atoms. The zero-order valence-electron chi connectivity index (χ0n) is 24.0. The number of hydrogen-bond donors (Lipinski definition) is 0. The lowest BCUT2D eigenvalue weighted by atomic mass is 9.33. The number of rotatable bonds is 7. The molecule has 255 valence electrons. The maximum Gasteiger partial charge on any atom is 0.200 e. The zero-order valence-corrected chi connectivity index (χ0v) is 25.9. The number of benzene rings is 5. The second-order valence-corrected chi connectivity index (χ2v) is 17.7. The second-order valence-electron chi connectivity index (χ2n) is 10.4. The van der Waals surface area contributed by atoms with Gasteiger partial charge in [0.1, 0.15) is 40.8 Å². The third-order valence-corrected chi connectivity index (χ3v) is 17.1. The van der Waals surface area contributed by atoms with E-state index < -0.39 is 131 Å². The van der Waals surface area contributed by atoms with Crippen LogP contribution in [0.4, 0.5) is 65.9 Å². The van der Waals surface area contributed by atoms with Crippen molar-refractivity contribution in [2.24, 2.45) is 0 Å². The average Bonchev–Trinajstić information content (AvgIpc) is 3.10. The first-order valence-corrected chi connectivity index (χ1v) is 17.7. The zero-order chi connectivity index (χ0) is 36.3. The first-order chi connectivity index (χ1) is 23.0. The van der Waals surface area contributed by atoms with E-state index >= 15 is 52.7 Å². The van der Waals surface area contributed by atoms with Gasteiger partial charge >= 0.3 is 0 Å². The van der Waals surface area contributed by atoms with Crippen molar-refractivity contribution < 1.29 is 65.9 Å². The van der Waals surface area contributed by atoms with Crippen LogP contribution in [0.25, 0.3) is 0 Å². The van der Waals surface area contributed by atoms with Crippen LogP contribution in [-0.4, -0.2) is 14.3 Å². The van der Waals surface area contributed by atoms with Gasteiger partial charge in [-0.15, -0.1) is 16.4 Å². The van der Waals surface area contributed by atoms with Crippen LogP contribution in [0.5, 0.6) is 0 Å².